The molecule has 3 rings (SSSR count). The number of aryl methyl sites for hydroxylation is 1. The van der Waals surface area contributed by atoms with Crippen LogP contribution in [0.5, 0.6) is 0 Å². The van der Waals surface area contributed by atoms with E-state index in [0.717, 1.165) is 43.5 Å². The van der Waals surface area contributed by atoms with Crippen molar-refractivity contribution in [2.24, 2.45) is 4.99 Å². The van der Waals surface area contributed by atoms with Gasteiger partial charge in [0.15, 0.2) is 5.96 Å². The van der Waals surface area contributed by atoms with Crippen LogP contribution < -0.4 is 10.6 Å². The van der Waals surface area contributed by atoms with Gasteiger partial charge in [-0.3, -0.25) is 9.98 Å². The molecule has 0 amide bonds. The Morgan fingerprint density at radius 1 is 1.04 bits per heavy atom. The molecule has 3 aromatic rings. The average Bonchev–Trinajstić information content (AvgIpc) is 3.10. The summed E-state index contributed by atoms with van der Waals surface area (Å²) < 4.78 is 2.14. The lowest BCUT2D eigenvalue weighted by atomic mass is 10.1. The Morgan fingerprint density at radius 3 is 2.61 bits per heavy atom. The number of rotatable bonds is 7. The normalized spacial score (nSPS) is 11.0. The second kappa shape index (κ2) is 11.4. The first-order valence-electron chi connectivity index (χ1n) is 9.14. The summed E-state index contributed by atoms with van der Waals surface area (Å²) in [6.07, 6.45) is 6.52. The molecular weight excluding hydrogens is 463 g/mol. The van der Waals surface area contributed by atoms with E-state index in [9.17, 15) is 0 Å². The summed E-state index contributed by atoms with van der Waals surface area (Å²) in [7, 11) is 1.79. The van der Waals surface area contributed by atoms with Crippen molar-refractivity contribution in [3.05, 3.63) is 83.7 Å². The van der Waals surface area contributed by atoms with Gasteiger partial charge in [0.1, 0.15) is 5.82 Å². The van der Waals surface area contributed by atoms with E-state index in [-0.39, 0.29) is 24.0 Å². The Kier molecular flexibility index (Phi) is 8.93. The fraction of sp³-hybridized carbons (Fsp3) is 0.286. The van der Waals surface area contributed by atoms with Crippen LogP contribution in [-0.2, 0) is 19.5 Å². The van der Waals surface area contributed by atoms with E-state index in [2.05, 4.69) is 54.4 Å². The molecule has 148 valence electrons. The number of hydrogen-bond donors (Lipinski definition) is 2. The highest BCUT2D eigenvalue weighted by atomic mass is 127. The molecule has 0 aliphatic carbocycles. The monoisotopic (exact) mass is 490 g/mol. The van der Waals surface area contributed by atoms with E-state index in [1.165, 1.54) is 11.1 Å². The minimum absolute atomic E-state index is 0. The lowest BCUT2D eigenvalue weighted by Gasteiger charge is -2.13. The number of imidazole rings is 1. The SMILES string of the molecule is CN=C(NCCc1ccccn1)NCc1cccc(Cn2ccnc2C)c1.I. The maximum absolute atomic E-state index is 4.33. The predicted molar refractivity (Wildman–Crippen MR) is 124 cm³/mol. The number of nitrogens with one attached hydrogen (secondary N) is 2. The van der Waals surface area contributed by atoms with E-state index < -0.39 is 0 Å². The minimum Gasteiger partial charge on any atom is -0.356 e. The Bertz CT molecular complexity index is 875. The number of benzene rings is 1. The first kappa shape index (κ1) is 21.9. The Labute approximate surface area is 183 Å². The molecule has 0 aliphatic heterocycles. The molecule has 2 heterocycles. The van der Waals surface area contributed by atoms with Crippen molar-refractivity contribution in [3.63, 3.8) is 0 Å². The number of hydrogen-bond acceptors (Lipinski definition) is 3. The smallest absolute Gasteiger partial charge is 0.191 e. The van der Waals surface area contributed by atoms with Gasteiger partial charge >= 0.3 is 0 Å². The quantitative estimate of drug-likeness (QED) is 0.304. The molecule has 7 heteroatoms. The van der Waals surface area contributed by atoms with Crippen molar-refractivity contribution in [2.45, 2.75) is 26.4 Å². The van der Waals surface area contributed by atoms with Crippen molar-refractivity contribution in [3.8, 4) is 0 Å². The van der Waals surface area contributed by atoms with Crippen LogP contribution >= 0.6 is 24.0 Å². The lowest BCUT2D eigenvalue weighted by Crippen LogP contribution is -2.37. The molecule has 0 fully saturated rings. The lowest BCUT2D eigenvalue weighted by molar-refractivity contribution is 0.757. The van der Waals surface area contributed by atoms with E-state index in [0.29, 0.717) is 0 Å². The molecule has 0 bridgehead atoms. The van der Waals surface area contributed by atoms with Crippen LogP contribution in [0.25, 0.3) is 0 Å². The Balaban J connectivity index is 0.00000280. The Hall–Kier alpha value is -2.42. The van der Waals surface area contributed by atoms with E-state index in [4.69, 9.17) is 0 Å². The number of aliphatic imine (C=N–C) groups is 1. The molecule has 0 unspecified atom stereocenters. The zero-order valence-electron chi connectivity index (χ0n) is 16.3. The van der Waals surface area contributed by atoms with Gasteiger partial charge in [-0.1, -0.05) is 30.3 Å². The maximum atomic E-state index is 4.33. The molecule has 6 nitrogen and oxygen atoms in total. The molecule has 2 N–H and O–H groups in total. The van der Waals surface area contributed by atoms with Gasteiger partial charge < -0.3 is 15.2 Å². The van der Waals surface area contributed by atoms with Gasteiger partial charge in [0, 0.05) is 57.4 Å². The van der Waals surface area contributed by atoms with Crippen LogP contribution in [0.15, 0.2) is 66.0 Å². The highest BCUT2D eigenvalue weighted by Crippen LogP contribution is 2.08. The molecule has 0 aliphatic rings. The van der Waals surface area contributed by atoms with Crippen LogP contribution in [-0.4, -0.2) is 34.1 Å². The van der Waals surface area contributed by atoms with Crippen LogP contribution in [0.1, 0.15) is 22.6 Å². The van der Waals surface area contributed by atoms with Crippen molar-refractivity contribution in [1.29, 1.82) is 0 Å². The predicted octanol–water partition coefficient (Wildman–Crippen LogP) is 3.16. The first-order valence-corrected chi connectivity index (χ1v) is 9.14. The van der Waals surface area contributed by atoms with Crippen molar-refractivity contribution >= 4 is 29.9 Å². The maximum Gasteiger partial charge on any atom is 0.191 e. The zero-order chi connectivity index (χ0) is 18.9. The summed E-state index contributed by atoms with van der Waals surface area (Å²) in [6, 6.07) is 14.5. The molecule has 28 heavy (non-hydrogen) atoms. The van der Waals surface area contributed by atoms with Gasteiger partial charge in [-0.05, 0) is 30.2 Å². The largest absolute Gasteiger partial charge is 0.356 e. The topological polar surface area (TPSA) is 67.1 Å². The number of aromatic nitrogens is 3. The van der Waals surface area contributed by atoms with Crippen LogP contribution in [0.4, 0.5) is 0 Å². The summed E-state index contributed by atoms with van der Waals surface area (Å²) >= 11 is 0. The first-order chi connectivity index (χ1) is 13.2. The van der Waals surface area contributed by atoms with E-state index in [1.807, 2.05) is 43.7 Å². The van der Waals surface area contributed by atoms with Gasteiger partial charge in [-0.15, -0.1) is 24.0 Å². The van der Waals surface area contributed by atoms with Crippen molar-refractivity contribution in [1.82, 2.24) is 25.2 Å². The number of halogens is 1. The zero-order valence-corrected chi connectivity index (χ0v) is 18.6. The summed E-state index contributed by atoms with van der Waals surface area (Å²) in [4.78, 5) is 12.9. The van der Waals surface area contributed by atoms with Gasteiger partial charge in [0.2, 0.25) is 0 Å². The summed E-state index contributed by atoms with van der Waals surface area (Å²) in [5.74, 6) is 1.82. The summed E-state index contributed by atoms with van der Waals surface area (Å²) in [5, 5.41) is 6.70. The molecule has 0 spiro atoms. The molecular formula is C21H27IN6. The third kappa shape index (κ3) is 6.63. The van der Waals surface area contributed by atoms with Crippen LogP contribution in [0.3, 0.4) is 0 Å². The third-order valence-corrected chi connectivity index (χ3v) is 4.35. The molecule has 0 saturated heterocycles. The van der Waals surface area contributed by atoms with Gasteiger partial charge in [-0.25, -0.2) is 4.98 Å². The highest BCUT2D eigenvalue weighted by Gasteiger charge is 2.02. The Morgan fingerprint density at radius 2 is 1.89 bits per heavy atom. The standard InChI is InChI=1S/C21H26N6.HI/c1-17-23-12-13-27(17)16-19-7-5-6-18(14-19)15-26-21(22-2)25-11-9-20-8-3-4-10-24-20;/h3-8,10,12-14H,9,11,15-16H2,1-2H3,(H2,22,25,26);1H. The molecule has 0 saturated carbocycles. The van der Waals surface area contributed by atoms with Crippen LogP contribution in [0.2, 0.25) is 0 Å². The van der Waals surface area contributed by atoms with Gasteiger partial charge in [0.25, 0.3) is 0 Å². The summed E-state index contributed by atoms with van der Waals surface area (Å²) in [6.45, 7) is 4.36. The third-order valence-electron chi connectivity index (χ3n) is 4.35. The molecule has 2 aromatic heterocycles. The second-order valence-electron chi connectivity index (χ2n) is 6.35. The van der Waals surface area contributed by atoms with Crippen LogP contribution in [0, 0.1) is 6.92 Å². The van der Waals surface area contributed by atoms with E-state index in [1.54, 1.807) is 7.05 Å². The van der Waals surface area contributed by atoms with E-state index >= 15 is 0 Å². The minimum atomic E-state index is 0. The fourth-order valence-electron chi connectivity index (χ4n) is 2.87. The highest BCUT2D eigenvalue weighted by molar-refractivity contribution is 14.0. The molecule has 1 aromatic carbocycles. The molecule has 0 atom stereocenters. The molecule has 0 radical (unpaired) electrons. The fourth-order valence-corrected chi connectivity index (χ4v) is 2.87. The number of guanidine groups is 1. The number of pyridine rings is 1. The number of nitrogens with zero attached hydrogens (tertiary/aromatic N) is 4. The van der Waals surface area contributed by atoms with Gasteiger partial charge in [-0.2, -0.15) is 0 Å². The average molecular weight is 490 g/mol. The van der Waals surface area contributed by atoms with Crippen molar-refractivity contribution in [2.75, 3.05) is 13.6 Å². The second-order valence-corrected chi connectivity index (χ2v) is 6.35. The van der Waals surface area contributed by atoms with Crippen molar-refractivity contribution < 1.29 is 0 Å². The van der Waals surface area contributed by atoms with Gasteiger partial charge in [0.05, 0.1) is 0 Å². The summed E-state index contributed by atoms with van der Waals surface area (Å²) in [5.41, 5.74) is 3.55.